The summed E-state index contributed by atoms with van der Waals surface area (Å²) in [5.74, 6) is 0. The number of aromatic nitrogens is 1. The Morgan fingerprint density at radius 2 is 1.33 bits per heavy atom. The van der Waals surface area contributed by atoms with E-state index in [1.807, 2.05) is 42.5 Å². The van der Waals surface area contributed by atoms with Crippen molar-refractivity contribution < 1.29 is 0 Å². The van der Waals surface area contributed by atoms with Gasteiger partial charge >= 0.3 is 0 Å². The number of benzene rings is 5. The molecule has 7 aromatic rings. The number of para-hydroxylation sites is 1. The highest BCUT2D eigenvalue weighted by Gasteiger charge is 2.16. The summed E-state index contributed by atoms with van der Waals surface area (Å²) in [6.07, 6.45) is 0. The molecule has 0 aliphatic carbocycles. The molecular formula is C32H17N3S. The molecule has 0 saturated carbocycles. The SMILES string of the molecule is [C-]#[N+]c1cc(-c2cccc3c2sc2ccccc23)cc(-n2c3ccccc3c3cc([N+]#[C-])ccc32)c1. The summed E-state index contributed by atoms with van der Waals surface area (Å²) in [4.78, 5) is 7.48. The molecule has 0 unspecified atom stereocenters. The molecule has 0 aliphatic heterocycles. The van der Waals surface area contributed by atoms with E-state index >= 15 is 0 Å². The van der Waals surface area contributed by atoms with Crippen LogP contribution >= 0.6 is 11.3 Å². The predicted octanol–water partition coefficient (Wildman–Crippen LogP) is 9.92. The van der Waals surface area contributed by atoms with Crippen LogP contribution in [0.5, 0.6) is 0 Å². The third-order valence-corrected chi connectivity index (χ3v) is 8.01. The zero-order chi connectivity index (χ0) is 24.2. The van der Waals surface area contributed by atoms with Crippen LogP contribution in [0.3, 0.4) is 0 Å². The maximum atomic E-state index is 7.84. The molecule has 0 radical (unpaired) electrons. The molecular weight excluding hydrogens is 458 g/mol. The molecule has 0 spiro atoms. The smallest absolute Gasteiger partial charge is 0.189 e. The van der Waals surface area contributed by atoms with Gasteiger partial charge in [0.1, 0.15) is 0 Å². The molecule has 0 atom stereocenters. The Labute approximate surface area is 211 Å². The Bertz CT molecular complexity index is 2080. The summed E-state index contributed by atoms with van der Waals surface area (Å²) >= 11 is 1.80. The minimum absolute atomic E-state index is 0.601. The van der Waals surface area contributed by atoms with Crippen molar-refractivity contribution >= 4 is 64.7 Å². The van der Waals surface area contributed by atoms with Gasteiger partial charge in [-0.05, 0) is 59.0 Å². The van der Waals surface area contributed by atoms with Gasteiger partial charge in [0.15, 0.2) is 11.4 Å². The largest absolute Gasteiger partial charge is 0.311 e. The second-order valence-corrected chi connectivity index (χ2v) is 9.85. The first-order valence-corrected chi connectivity index (χ1v) is 12.4. The van der Waals surface area contributed by atoms with E-state index in [0.717, 1.165) is 38.6 Å². The normalized spacial score (nSPS) is 11.3. The van der Waals surface area contributed by atoms with Crippen LogP contribution in [0.25, 0.3) is 68.5 Å². The Hall–Kier alpha value is -4.90. The summed E-state index contributed by atoms with van der Waals surface area (Å²) in [5.41, 5.74) is 6.41. The zero-order valence-corrected chi connectivity index (χ0v) is 19.9. The lowest BCUT2D eigenvalue weighted by molar-refractivity contribution is 1.18. The lowest BCUT2D eigenvalue weighted by Crippen LogP contribution is -1.94. The molecule has 0 aliphatic rings. The highest BCUT2D eigenvalue weighted by Crippen LogP contribution is 2.42. The Morgan fingerprint density at radius 1 is 0.583 bits per heavy atom. The molecule has 5 aromatic carbocycles. The van der Waals surface area contributed by atoms with E-state index in [-0.39, 0.29) is 0 Å². The van der Waals surface area contributed by atoms with Gasteiger partial charge in [0, 0.05) is 31.2 Å². The van der Waals surface area contributed by atoms with E-state index in [1.165, 1.54) is 20.2 Å². The number of nitrogens with zero attached hydrogens (tertiary/aromatic N) is 3. The standard InChI is InChI=1S/C32H17N3S/c1-33-21-14-15-30-28(19-21)25-8-3-5-12-29(25)35(30)23-17-20(16-22(18-23)34-2)24-10-7-11-27-26-9-4-6-13-31(26)36-32(24)27/h3-19H. The first-order chi connectivity index (χ1) is 17.7. The van der Waals surface area contributed by atoms with Gasteiger partial charge in [-0.3, -0.25) is 0 Å². The Morgan fingerprint density at radius 3 is 2.19 bits per heavy atom. The van der Waals surface area contributed by atoms with E-state index in [1.54, 1.807) is 11.3 Å². The fourth-order valence-electron chi connectivity index (χ4n) is 5.23. The van der Waals surface area contributed by atoms with Crippen LogP contribution in [-0.4, -0.2) is 4.57 Å². The second kappa shape index (κ2) is 7.82. The molecule has 36 heavy (non-hydrogen) atoms. The lowest BCUT2D eigenvalue weighted by Gasteiger charge is -2.12. The quantitative estimate of drug-likeness (QED) is 0.221. The van der Waals surface area contributed by atoms with Crippen molar-refractivity contribution in [1.82, 2.24) is 4.57 Å². The number of thiophene rings is 1. The van der Waals surface area contributed by atoms with E-state index in [2.05, 4.69) is 74.9 Å². The summed E-state index contributed by atoms with van der Waals surface area (Å²) in [6.45, 7) is 15.3. The van der Waals surface area contributed by atoms with Crippen LogP contribution < -0.4 is 0 Å². The first kappa shape index (κ1) is 20.5. The summed E-state index contributed by atoms with van der Waals surface area (Å²) in [5, 5.41) is 4.64. The van der Waals surface area contributed by atoms with Crippen molar-refractivity contribution in [2.75, 3.05) is 0 Å². The van der Waals surface area contributed by atoms with Gasteiger partial charge in [-0.1, -0.05) is 60.7 Å². The molecule has 7 rings (SSSR count). The van der Waals surface area contributed by atoms with Crippen LogP contribution in [0.2, 0.25) is 0 Å². The van der Waals surface area contributed by atoms with Gasteiger partial charge in [0.05, 0.1) is 24.2 Å². The molecule has 0 saturated heterocycles. The molecule has 0 fully saturated rings. The highest BCUT2D eigenvalue weighted by atomic mass is 32.1. The fraction of sp³-hybridized carbons (Fsp3) is 0. The number of fused-ring (bicyclic) bond motifs is 6. The fourth-order valence-corrected chi connectivity index (χ4v) is 6.47. The molecule has 0 bridgehead atoms. The molecule has 166 valence electrons. The van der Waals surface area contributed by atoms with E-state index < -0.39 is 0 Å². The monoisotopic (exact) mass is 475 g/mol. The van der Waals surface area contributed by atoms with Crippen molar-refractivity contribution in [1.29, 1.82) is 0 Å². The third kappa shape index (κ3) is 2.96. The zero-order valence-electron chi connectivity index (χ0n) is 19.1. The van der Waals surface area contributed by atoms with Gasteiger partial charge in [0.2, 0.25) is 0 Å². The molecule has 2 heterocycles. The van der Waals surface area contributed by atoms with Crippen molar-refractivity contribution in [2.45, 2.75) is 0 Å². The van der Waals surface area contributed by atoms with Crippen LogP contribution in [0.4, 0.5) is 11.4 Å². The minimum Gasteiger partial charge on any atom is -0.311 e. The maximum absolute atomic E-state index is 7.84. The Balaban J connectivity index is 1.54. The number of rotatable bonds is 2. The van der Waals surface area contributed by atoms with Gasteiger partial charge in [-0.2, -0.15) is 0 Å². The van der Waals surface area contributed by atoms with Crippen molar-refractivity contribution in [3.05, 3.63) is 126 Å². The van der Waals surface area contributed by atoms with Gasteiger partial charge < -0.3 is 4.57 Å². The molecule has 3 nitrogen and oxygen atoms in total. The van der Waals surface area contributed by atoms with Crippen molar-refractivity contribution in [3.63, 3.8) is 0 Å². The second-order valence-electron chi connectivity index (χ2n) is 8.80. The summed E-state index contributed by atoms with van der Waals surface area (Å²) < 4.78 is 4.71. The topological polar surface area (TPSA) is 13.6 Å². The average molecular weight is 476 g/mol. The van der Waals surface area contributed by atoms with Gasteiger partial charge in [0.25, 0.3) is 0 Å². The van der Waals surface area contributed by atoms with E-state index in [0.29, 0.717) is 11.4 Å². The average Bonchev–Trinajstić information content (AvgIpc) is 3.48. The maximum Gasteiger partial charge on any atom is 0.189 e. The van der Waals surface area contributed by atoms with Crippen LogP contribution in [-0.2, 0) is 0 Å². The van der Waals surface area contributed by atoms with Gasteiger partial charge in [-0.25, -0.2) is 9.69 Å². The molecule has 4 heteroatoms. The minimum atomic E-state index is 0.601. The van der Waals surface area contributed by atoms with Crippen LogP contribution in [0.15, 0.2) is 103 Å². The van der Waals surface area contributed by atoms with Gasteiger partial charge in [-0.15, -0.1) is 11.3 Å². The molecule has 0 N–H and O–H groups in total. The molecule has 2 aromatic heterocycles. The van der Waals surface area contributed by atoms with Crippen molar-refractivity contribution in [3.8, 4) is 16.8 Å². The first-order valence-electron chi connectivity index (χ1n) is 11.6. The van der Waals surface area contributed by atoms with Crippen LogP contribution in [0.1, 0.15) is 0 Å². The Kier molecular flexibility index (Phi) is 4.45. The predicted molar refractivity (Wildman–Crippen MR) is 152 cm³/mol. The van der Waals surface area contributed by atoms with E-state index in [4.69, 9.17) is 13.1 Å². The molecule has 0 amide bonds. The number of hydrogen-bond donors (Lipinski definition) is 0. The third-order valence-electron chi connectivity index (χ3n) is 6.79. The summed E-state index contributed by atoms with van der Waals surface area (Å²) in [6, 6.07) is 35.2. The summed E-state index contributed by atoms with van der Waals surface area (Å²) in [7, 11) is 0. The van der Waals surface area contributed by atoms with Crippen LogP contribution in [0, 0.1) is 13.1 Å². The number of hydrogen-bond acceptors (Lipinski definition) is 1. The van der Waals surface area contributed by atoms with E-state index in [9.17, 15) is 0 Å². The lowest BCUT2D eigenvalue weighted by atomic mass is 10.0. The highest BCUT2D eigenvalue weighted by molar-refractivity contribution is 7.26. The van der Waals surface area contributed by atoms with Crippen molar-refractivity contribution in [2.24, 2.45) is 0 Å².